The van der Waals surface area contributed by atoms with Crippen LogP contribution in [0.25, 0.3) is 22.2 Å². The Morgan fingerprint density at radius 3 is 2.43 bits per heavy atom. The highest BCUT2D eigenvalue weighted by molar-refractivity contribution is 6.13. The van der Waals surface area contributed by atoms with Gasteiger partial charge < -0.3 is 10.4 Å². The Kier molecular flexibility index (Phi) is 4.98. The Morgan fingerprint density at radius 1 is 1.00 bits per heavy atom. The molecule has 0 atom stereocenters. The highest BCUT2D eigenvalue weighted by Gasteiger charge is 2.16. The van der Waals surface area contributed by atoms with Gasteiger partial charge in [0.1, 0.15) is 0 Å². The number of hydrogen-bond donors (Lipinski definition) is 2. The molecule has 6 heteroatoms. The number of aromatic carboxylic acids is 1. The van der Waals surface area contributed by atoms with Crippen molar-refractivity contribution in [3.05, 3.63) is 89.2 Å². The van der Waals surface area contributed by atoms with Gasteiger partial charge in [0.05, 0.1) is 22.3 Å². The Morgan fingerprint density at radius 2 is 1.77 bits per heavy atom. The lowest BCUT2D eigenvalue weighted by molar-refractivity contribution is 0.0696. The lowest BCUT2D eigenvalue weighted by atomic mass is 9.99. The van der Waals surface area contributed by atoms with Gasteiger partial charge in [0.15, 0.2) is 0 Å². The molecule has 2 aromatic carbocycles. The third kappa shape index (κ3) is 3.75. The summed E-state index contributed by atoms with van der Waals surface area (Å²) >= 11 is 0. The van der Waals surface area contributed by atoms with Crippen LogP contribution < -0.4 is 5.32 Å². The summed E-state index contributed by atoms with van der Waals surface area (Å²) in [5.74, 6) is -1.30. The normalized spacial score (nSPS) is 10.7. The number of benzene rings is 2. The summed E-state index contributed by atoms with van der Waals surface area (Å²) in [6.07, 6.45) is 3.40. The van der Waals surface area contributed by atoms with E-state index in [-0.39, 0.29) is 11.5 Å². The van der Waals surface area contributed by atoms with Crippen LogP contribution in [-0.2, 0) is 0 Å². The number of anilines is 1. The summed E-state index contributed by atoms with van der Waals surface area (Å²) in [6, 6.07) is 15.5. The fourth-order valence-corrected chi connectivity index (χ4v) is 3.43. The maximum absolute atomic E-state index is 13.2. The lowest BCUT2D eigenvalue weighted by Gasteiger charge is -2.13. The smallest absolute Gasteiger partial charge is 0.335 e. The molecule has 0 spiro atoms. The number of pyridine rings is 2. The average molecular weight is 397 g/mol. The van der Waals surface area contributed by atoms with Gasteiger partial charge in [-0.2, -0.15) is 0 Å². The van der Waals surface area contributed by atoms with Gasteiger partial charge in [0, 0.05) is 29.0 Å². The van der Waals surface area contributed by atoms with E-state index >= 15 is 0 Å². The van der Waals surface area contributed by atoms with Gasteiger partial charge in [0.2, 0.25) is 0 Å². The van der Waals surface area contributed by atoms with Crippen LogP contribution in [0, 0.1) is 13.8 Å². The van der Waals surface area contributed by atoms with Crippen molar-refractivity contribution in [3.8, 4) is 11.3 Å². The van der Waals surface area contributed by atoms with Crippen molar-refractivity contribution < 1.29 is 14.7 Å². The zero-order chi connectivity index (χ0) is 21.3. The first kappa shape index (κ1) is 19.3. The van der Waals surface area contributed by atoms with Crippen LogP contribution in [0.1, 0.15) is 31.8 Å². The molecular formula is C24H19N3O3. The molecule has 0 fully saturated rings. The van der Waals surface area contributed by atoms with Crippen molar-refractivity contribution in [2.45, 2.75) is 13.8 Å². The number of hydrogen-bond acceptors (Lipinski definition) is 4. The number of carbonyl (C=O) groups excluding carboxylic acids is 1. The van der Waals surface area contributed by atoms with E-state index in [0.29, 0.717) is 16.9 Å². The zero-order valence-electron chi connectivity index (χ0n) is 16.5. The van der Waals surface area contributed by atoms with Crippen molar-refractivity contribution >= 4 is 28.5 Å². The topological polar surface area (TPSA) is 92.2 Å². The van der Waals surface area contributed by atoms with E-state index in [1.54, 1.807) is 30.6 Å². The van der Waals surface area contributed by atoms with Crippen molar-refractivity contribution in [2.75, 3.05) is 5.32 Å². The van der Waals surface area contributed by atoms with Crippen molar-refractivity contribution in [1.82, 2.24) is 9.97 Å². The van der Waals surface area contributed by atoms with E-state index in [1.165, 1.54) is 12.1 Å². The van der Waals surface area contributed by atoms with Crippen molar-refractivity contribution in [3.63, 3.8) is 0 Å². The second-order valence-corrected chi connectivity index (χ2v) is 7.11. The Balaban J connectivity index is 1.81. The number of nitrogens with zero attached hydrogens (tertiary/aromatic N) is 2. The average Bonchev–Trinajstić information content (AvgIpc) is 2.74. The molecule has 0 aliphatic rings. The zero-order valence-corrected chi connectivity index (χ0v) is 16.5. The quantitative estimate of drug-likeness (QED) is 0.513. The van der Waals surface area contributed by atoms with Crippen molar-refractivity contribution in [2.24, 2.45) is 0 Å². The monoisotopic (exact) mass is 397 g/mol. The number of fused-ring (bicyclic) bond motifs is 1. The maximum atomic E-state index is 13.2. The Labute approximate surface area is 173 Å². The predicted molar refractivity (Wildman–Crippen MR) is 116 cm³/mol. The first-order valence-electron chi connectivity index (χ1n) is 9.39. The number of carbonyl (C=O) groups is 2. The van der Waals surface area contributed by atoms with E-state index in [2.05, 4.69) is 10.3 Å². The number of carboxylic acid groups (broad SMARTS) is 1. The van der Waals surface area contributed by atoms with Crippen LogP contribution in [0.15, 0.2) is 67.0 Å². The molecule has 0 aliphatic heterocycles. The number of amides is 1. The van der Waals surface area contributed by atoms with Gasteiger partial charge in [-0.05, 0) is 67.9 Å². The first-order valence-corrected chi connectivity index (χ1v) is 9.39. The summed E-state index contributed by atoms with van der Waals surface area (Å²) < 4.78 is 0. The fourth-order valence-electron chi connectivity index (χ4n) is 3.43. The maximum Gasteiger partial charge on any atom is 0.335 e. The van der Waals surface area contributed by atoms with Crippen molar-refractivity contribution in [1.29, 1.82) is 0 Å². The minimum atomic E-state index is -1.01. The third-order valence-electron chi connectivity index (χ3n) is 4.84. The number of aryl methyl sites for hydroxylation is 2. The standard InChI is InChI=1S/C24H19N3O3/c1-14-10-15(2)22-19(11-14)20(12-21(27-22)17-4-3-9-25-13-17)23(28)26-18-7-5-16(6-8-18)24(29)30/h3-13H,1-2H3,(H,26,28)(H,29,30). The van der Waals surface area contributed by atoms with Crippen LogP contribution in [0.2, 0.25) is 0 Å². The number of rotatable bonds is 4. The van der Waals surface area contributed by atoms with Crippen LogP contribution in [0.4, 0.5) is 5.69 Å². The molecule has 2 aromatic heterocycles. The van der Waals surface area contributed by atoms with Gasteiger partial charge in [0.25, 0.3) is 5.91 Å². The molecule has 2 N–H and O–H groups in total. The molecule has 4 rings (SSSR count). The minimum Gasteiger partial charge on any atom is -0.478 e. The lowest BCUT2D eigenvalue weighted by Crippen LogP contribution is -2.13. The number of carboxylic acids is 1. The Hall–Kier alpha value is -4.06. The van der Waals surface area contributed by atoms with Gasteiger partial charge >= 0.3 is 5.97 Å². The summed E-state index contributed by atoms with van der Waals surface area (Å²) in [5.41, 5.74) is 5.43. The van der Waals surface area contributed by atoms with E-state index in [0.717, 1.165) is 27.6 Å². The second kappa shape index (κ2) is 7.75. The van der Waals surface area contributed by atoms with Gasteiger partial charge in [-0.25, -0.2) is 9.78 Å². The highest BCUT2D eigenvalue weighted by Crippen LogP contribution is 2.28. The molecule has 0 unspecified atom stereocenters. The minimum absolute atomic E-state index is 0.160. The molecule has 0 saturated heterocycles. The van der Waals surface area contributed by atoms with Crippen LogP contribution in [0.5, 0.6) is 0 Å². The molecule has 0 saturated carbocycles. The van der Waals surface area contributed by atoms with Gasteiger partial charge in [-0.15, -0.1) is 0 Å². The highest BCUT2D eigenvalue weighted by atomic mass is 16.4. The summed E-state index contributed by atoms with van der Waals surface area (Å²) in [5, 5.41) is 12.7. The number of nitrogens with one attached hydrogen (secondary N) is 1. The van der Waals surface area contributed by atoms with Crippen LogP contribution in [-0.4, -0.2) is 27.0 Å². The molecule has 30 heavy (non-hydrogen) atoms. The predicted octanol–water partition coefficient (Wildman–Crippen LogP) is 4.86. The third-order valence-corrected chi connectivity index (χ3v) is 4.84. The molecule has 0 bridgehead atoms. The largest absolute Gasteiger partial charge is 0.478 e. The number of aromatic nitrogens is 2. The van der Waals surface area contributed by atoms with E-state index < -0.39 is 5.97 Å². The fraction of sp³-hybridized carbons (Fsp3) is 0.0833. The summed E-state index contributed by atoms with van der Waals surface area (Å²) in [6.45, 7) is 3.95. The van der Waals surface area contributed by atoms with Crippen LogP contribution >= 0.6 is 0 Å². The van der Waals surface area contributed by atoms with E-state index in [4.69, 9.17) is 10.1 Å². The van der Waals surface area contributed by atoms with Crippen LogP contribution in [0.3, 0.4) is 0 Å². The molecule has 0 radical (unpaired) electrons. The van der Waals surface area contributed by atoms with E-state index in [1.807, 2.05) is 38.1 Å². The molecular weight excluding hydrogens is 378 g/mol. The first-order chi connectivity index (χ1) is 14.4. The molecule has 2 heterocycles. The van der Waals surface area contributed by atoms with E-state index in [9.17, 15) is 9.59 Å². The summed E-state index contributed by atoms with van der Waals surface area (Å²) in [7, 11) is 0. The second-order valence-electron chi connectivity index (χ2n) is 7.11. The SMILES string of the molecule is Cc1cc(C)c2nc(-c3cccnc3)cc(C(=O)Nc3ccc(C(=O)O)cc3)c2c1. The summed E-state index contributed by atoms with van der Waals surface area (Å²) in [4.78, 5) is 33.2. The van der Waals surface area contributed by atoms with Gasteiger partial charge in [-0.3, -0.25) is 9.78 Å². The Bertz CT molecular complexity index is 1270. The molecule has 1 amide bonds. The molecule has 148 valence electrons. The van der Waals surface area contributed by atoms with Gasteiger partial charge in [-0.1, -0.05) is 11.6 Å². The molecule has 6 nitrogen and oxygen atoms in total. The molecule has 4 aromatic rings. The molecule has 0 aliphatic carbocycles.